The number of hydrogen-bond donors (Lipinski definition) is 3. The van der Waals surface area contributed by atoms with Gasteiger partial charge >= 0.3 is 6.09 Å². The van der Waals surface area contributed by atoms with Crippen LogP contribution in [0.15, 0.2) is 72.8 Å². The van der Waals surface area contributed by atoms with Crippen LogP contribution < -0.4 is 11.1 Å². The lowest BCUT2D eigenvalue weighted by atomic mass is 10.0. The zero-order valence-electron chi connectivity index (χ0n) is 16.1. The van der Waals surface area contributed by atoms with Gasteiger partial charge in [0, 0.05) is 18.7 Å². The second-order valence-corrected chi connectivity index (χ2v) is 6.62. The van der Waals surface area contributed by atoms with Crippen LogP contribution in [0.3, 0.4) is 0 Å². The van der Waals surface area contributed by atoms with Gasteiger partial charge in [0.2, 0.25) is 0 Å². The molecule has 0 radical (unpaired) electrons. The van der Waals surface area contributed by atoms with Crippen molar-refractivity contribution in [3.63, 3.8) is 0 Å². The first-order valence-electron chi connectivity index (χ1n) is 9.31. The van der Waals surface area contributed by atoms with Gasteiger partial charge in [0.05, 0.1) is 11.4 Å². The Hall–Kier alpha value is -3.80. The summed E-state index contributed by atoms with van der Waals surface area (Å²) < 4.78 is 0. The van der Waals surface area contributed by atoms with E-state index in [9.17, 15) is 9.59 Å². The van der Waals surface area contributed by atoms with Crippen LogP contribution in [0, 0.1) is 0 Å². The molecule has 0 saturated heterocycles. The smallest absolute Gasteiger partial charge is 0.407 e. The molecule has 29 heavy (non-hydrogen) atoms. The third-order valence-electron chi connectivity index (χ3n) is 4.65. The minimum Gasteiger partial charge on any atom is -0.465 e. The predicted octanol–water partition coefficient (Wildman–Crippen LogP) is 4.69. The van der Waals surface area contributed by atoms with Crippen molar-refractivity contribution < 1.29 is 14.7 Å². The third-order valence-corrected chi connectivity index (χ3v) is 4.65. The van der Waals surface area contributed by atoms with E-state index in [1.165, 1.54) is 4.90 Å². The van der Waals surface area contributed by atoms with E-state index in [4.69, 9.17) is 10.8 Å². The Morgan fingerprint density at radius 2 is 1.66 bits per heavy atom. The number of carbonyl (C=O) groups is 2. The van der Waals surface area contributed by atoms with Crippen LogP contribution in [0.4, 0.5) is 16.2 Å². The summed E-state index contributed by atoms with van der Waals surface area (Å²) in [7, 11) is 0. The topological polar surface area (TPSA) is 95.7 Å². The predicted molar refractivity (Wildman–Crippen MR) is 115 cm³/mol. The number of benzene rings is 3. The van der Waals surface area contributed by atoms with Crippen molar-refractivity contribution in [2.75, 3.05) is 17.6 Å². The van der Waals surface area contributed by atoms with E-state index in [-0.39, 0.29) is 12.5 Å². The molecule has 0 aliphatic carbocycles. The van der Waals surface area contributed by atoms with Gasteiger partial charge in [-0.25, -0.2) is 4.79 Å². The molecule has 6 heteroatoms. The van der Waals surface area contributed by atoms with Crippen LogP contribution in [0.1, 0.15) is 22.8 Å². The van der Waals surface area contributed by atoms with E-state index in [1.54, 1.807) is 37.3 Å². The Labute approximate surface area is 169 Å². The second kappa shape index (κ2) is 8.93. The summed E-state index contributed by atoms with van der Waals surface area (Å²) in [6.07, 6.45) is -0.969. The summed E-state index contributed by atoms with van der Waals surface area (Å²) in [4.78, 5) is 25.1. The van der Waals surface area contributed by atoms with Crippen LogP contribution in [0.25, 0.3) is 11.1 Å². The number of hydrogen-bond acceptors (Lipinski definition) is 3. The normalized spacial score (nSPS) is 10.4. The Kier molecular flexibility index (Phi) is 6.14. The molecule has 148 valence electrons. The molecular formula is C23H23N3O3. The molecule has 0 bridgehead atoms. The van der Waals surface area contributed by atoms with Gasteiger partial charge in [0.1, 0.15) is 0 Å². The summed E-state index contributed by atoms with van der Waals surface area (Å²) in [6.45, 7) is 2.46. The molecule has 3 aromatic carbocycles. The van der Waals surface area contributed by atoms with Gasteiger partial charge in [0.15, 0.2) is 0 Å². The minimum absolute atomic E-state index is 0.278. The molecule has 0 aliphatic rings. The second-order valence-electron chi connectivity index (χ2n) is 6.62. The zero-order valence-corrected chi connectivity index (χ0v) is 16.1. The highest BCUT2D eigenvalue weighted by Crippen LogP contribution is 2.27. The molecule has 0 atom stereocenters. The number of carboxylic acid groups (broad SMARTS) is 1. The Bertz CT molecular complexity index is 1000. The number of nitrogens with zero attached hydrogens (tertiary/aromatic N) is 1. The number of anilines is 2. The molecule has 0 aliphatic heterocycles. The van der Waals surface area contributed by atoms with Crippen LogP contribution in [-0.2, 0) is 6.54 Å². The number of nitrogen functional groups attached to an aromatic ring is 1. The van der Waals surface area contributed by atoms with Crippen molar-refractivity contribution in [2.45, 2.75) is 13.5 Å². The van der Waals surface area contributed by atoms with Crippen molar-refractivity contribution in [2.24, 2.45) is 0 Å². The summed E-state index contributed by atoms with van der Waals surface area (Å²) in [5.41, 5.74) is 10.3. The maximum atomic E-state index is 12.6. The van der Waals surface area contributed by atoms with Crippen LogP contribution >= 0.6 is 0 Å². The molecule has 0 fully saturated rings. The molecule has 3 aromatic rings. The molecule has 3 rings (SSSR count). The van der Waals surface area contributed by atoms with Crippen molar-refractivity contribution in [1.29, 1.82) is 0 Å². The number of nitrogens with two attached hydrogens (primary N) is 1. The summed E-state index contributed by atoms with van der Waals surface area (Å²) in [6, 6.07) is 22.2. The molecule has 6 nitrogen and oxygen atoms in total. The molecule has 0 saturated carbocycles. The van der Waals surface area contributed by atoms with Crippen molar-refractivity contribution in [3.05, 3.63) is 83.9 Å². The van der Waals surface area contributed by atoms with Gasteiger partial charge in [0.25, 0.3) is 5.91 Å². The fraction of sp³-hybridized carbons (Fsp3) is 0.130. The van der Waals surface area contributed by atoms with E-state index in [2.05, 4.69) is 5.32 Å². The van der Waals surface area contributed by atoms with Crippen molar-refractivity contribution in [1.82, 2.24) is 4.90 Å². The number of carbonyl (C=O) groups excluding carboxylic acids is 1. The Morgan fingerprint density at radius 3 is 2.28 bits per heavy atom. The minimum atomic E-state index is -0.969. The quantitative estimate of drug-likeness (QED) is 0.533. The molecule has 0 spiro atoms. The molecule has 0 heterocycles. The first-order chi connectivity index (χ1) is 14.0. The molecule has 4 N–H and O–H groups in total. The molecular weight excluding hydrogens is 366 g/mol. The Morgan fingerprint density at radius 1 is 0.966 bits per heavy atom. The maximum absolute atomic E-state index is 12.6. The van der Waals surface area contributed by atoms with E-state index < -0.39 is 6.09 Å². The lowest BCUT2D eigenvalue weighted by Crippen LogP contribution is -2.28. The lowest BCUT2D eigenvalue weighted by molar-refractivity contribution is 0.102. The van der Waals surface area contributed by atoms with Gasteiger partial charge in [-0.2, -0.15) is 0 Å². The fourth-order valence-electron chi connectivity index (χ4n) is 2.97. The SMILES string of the molecule is CCN(Cc1ccc(C(=O)Nc2cc(-c3ccccc3)ccc2N)cc1)C(=O)O. The van der Waals surface area contributed by atoms with Gasteiger partial charge in [-0.1, -0.05) is 48.5 Å². The highest BCUT2D eigenvalue weighted by molar-refractivity contribution is 6.06. The van der Waals surface area contributed by atoms with E-state index in [0.717, 1.165) is 16.7 Å². The van der Waals surface area contributed by atoms with Gasteiger partial charge in [-0.05, 0) is 47.9 Å². The van der Waals surface area contributed by atoms with Crippen molar-refractivity contribution >= 4 is 23.4 Å². The summed E-state index contributed by atoms with van der Waals surface area (Å²) >= 11 is 0. The Balaban J connectivity index is 1.74. The average molecular weight is 389 g/mol. The number of amides is 2. The van der Waals surface area contributed by atoms with Crippen LogP contribution in [-0.4, -0.2) is 28.6 Å². The monoisotopic (exact) mass is 389 g/mol. The largest absolute Gasteiger partial charge is 0.465 e. The van der Waals surface area contributed by atoms with E-state index in [1.807, 2.05) is 42.5 Å². The highest BCUT2D eigenvalue weighted by atomic mass is 16.4. The van der Waals surface area contributed by atoms with E-state index >= 15 is 0 Å². The van der Waals surface area contributed by atoms with Gasteiger partial charge < -0.3 is 21.1 Å². The van der Waals surface area contributed by atoms with Crippen molar-refractivity contribution in [3.8, 4) is 11.1 Å². The first kappa shape index (κ1) is 19.9. The fourth-order valence-corrected chi connectivity index (χ4v) is 2.97. The van der Waals surface area contributed by atoms with Crippen LogP contribution in [0.5, 0.6) is 0 Å². The average Bonchev–Trinajstić information content (AvgIpc) is 2.74. The third kappa shape index (κ3) is 4.93. The summed E-state index contributed by atoms with van der Waals surface area (Å²) in [5.74, 6) is -0.279. The number of rotatable bonds is 6. The first-order valence-corrected chi connectivity index (χ1v) is 9.31. The maximum Gasteiger partial charge on any atom is 0.407 e. The highest BCUT2D eigenvalue weighted by Gasteiger charge is 2.12. The molecule has 0 unspecified atom stereocenters. The number of nitrogens with one attached hydrogen (secondary N) is 1. The standard InChI is InChI=1S/C23H23N3O3/c1-2-26(23(28)29)15-16-8-10-18(11-9-16)22(27)25-21-14-19(12-13-20(21)24)17-6-4-3-5-7-17/h3-14H,2,15,24H2,1H3,(H,25,27)(H,28,29). The zero-order chi connectivity index (χ0) is 20.8. The van der Waals surface area contributed by atoms with Gasteiger partial charge in [-0.15, -0.1) is 0 Å². The lowest BCUT2D eigenvalue weighted by Gasteiger charge is -2.17. The van der Waals surface area contributed by atoms with Crippen LogP contribution in [0.2, 0.25) is 0 Å². The van der Waals surface area contributed by atoms with E-state index in [0.29, 0.717) is 23.5 Å². The van der Waals surface area contributed by atoms with Gasteiger partial charge in [-0.3, -0.25) is 4.79 Å². The molecule has 2 amide bonds. The molecule has 0 aromatic heterocycles. The summed E-state index contributed by atoms with van der Waals surface area (Å²) in [5, 5.41) is 12.0.